The summed E-state index contributed by atoms with van der Waals surface area (Å²) in [6, 6.07) is 13.7. The van der Waals surface area contributed by atoms with Gasteiger partial charge in [-0.15, -0.1) is 11.8 Å². The van der Waals surface area contributed by atoms with Gasteiger partial charge in [0, 0.05) is 18.0 Å². The van der Waals surface area contributed by atoms with Crippen molar-refractivity contribution < 1.29 is 22.7 Å². The molecule has 2 aromatic rings. The number of rotatable bonds is 8. The number of aryl methyl sites for hydroxylation is 1. The number of ether oxygens (including phenoxy) is 1. The second-order valence-electron chi connectivity index (χ2n) is 7.93. The van der Waals surface area contributed by atoms with Crippen LogP contribution < -0.4 is 4.31 Å². The van der Waals surface area contributed by atoms with Crippen molar-refractivity contribution in [1.82, 2.24) is 4.90 Å². The maximum atomic E-state index is 13.5. The number of carbonyl (C=O) groups is 2. The predicted octanol–water partition coefficient (Wildman–Crippen LogP) is 3.71. The minimum atomic E-state index is -3.95. The lowest BCUT2D eigenvalue weighted by Gasteiger charge is -2.33. The van der Waals surface area contributed by atoms with Crippen molar-refractivity contribution in [3.63, 3.8) is 0 Å². The highest BCUT2D eigenvalue weighted by molar-refractivity contribution is 7.98. The fourth-order valence-corrected chi connectivity index (χ4v) is 5.57. The maximum absolute atomic E-state index is 13.5. The van der Waals surface area contributed by atoms with Crippen LogP contribution in [-0.2, 0) is 24.3 Å². The molecule has 0 bridgehead atoms. The zero-order valence-electron chi connectivity index (χ0n) is 19.2. The number of piperidine rings is 1. The van der Waals surface area contributed by atoms with Gasteiger partial charge in [-0.05, 0) is 69.3 Å². The summed E-state index contributed by atoms with van der Waals surface area (Å²) in [4.78, 5) is 27.8. The summed E-state index contributed by atoms with van der Waals surface area (Å²) in [5, 5.41) is 0. The molecule has 9 heteroatoms. The second-order valence-corrected chi connectivity index (χ2v) is 10.7. The first-order chi connectivity index (χ1) is 15.8. The molecular weight excluding hydrogens is 460 g/mol. The molecule has 0 unspecified atom stereocenters. The standard InChI is InChI=1S/C24H30N2O5S2/c1-4-31-24(28)19-13-15-25(16-14-19)23(27)17-26(20-7-5-18(2)6-8-20)33(29,30)22-11-9-21(32-3)10-12-22/h5-12,19H,4,13-17H2,1-3H3. The van der Waals surface area contributed by atoms with Gasteiger partial charge in [-0.25, -0.2) is 8.42 Å². The summed E-state index contributed by atoms with van der Waals surface area (Å²) >= 11 is 1.53. The molecule has 1 amide bonds. The van der Waals surface area contributed by atoms with Crippen LogP contribution in [0.15, 0.2) is 58.3 Å². The van der Waals surface area contributed by atoms with Gasteiger partial charge in [0.1, 0.15) is 6.54 Å². The van der Waals surface area contributed by atoms with Gasteiger partial charge in [0.2, 0.25) is 5.91 Å². The molecule has 1 saturated heterocycles. The molecule has 1 aliphatic heterocycles. The van der Waals surface area contributed by atoms with E-state index in [-0.39, 0.29) is 29.2 Å². The van der Waals surface area contributed by atoms with E-state index in [9.17, 15) is 18.0 Å². The molecule has 1 fully saturated rings. The number of esters is 1. The van der Waals surface area contributed by atoms with Gasteiger partial charge in [0.05, 0.1) is 23.1 Å². The Hall–Kier alpha value is -2.52. The maximum Gasteiger partial charge on any atom is 0.309 e. The SMILES string of the molecule is CCOC(=O)C1CCN(C(=O)CN(c2ccc(C)cc2)S(=O)(=O)c2ccc(SC)cc2)CC1. The molecule has 3 rings (SSSR count). The highest BCUT2D eigenvalue weighted by Crippen LogP contribution is 2.27. The quantitative estimate of drug-likeness (QED) is 0.414. The zero-order valence-corrected chi connectivity index (χ0v) is 20.8. The van der Waals surface area contributed by atoms with Crippen LogP contribution >= 0.6 is 11.8 Å². The molecule has 2 aromatic carbocycles. The molecule has 0 aliphatic carbocycles. The van der Waals surface area contributed by atoms with Crippen LogP contribution in [-0.4, -0.2) is 57.7 Å². The van der Waals surface area contributed by atoms with Crippen molar-refractivity contribution >= 4 is 39.3 Å². The van der Waals surface area contributed by atoms with Gasteiger partial charge in [-0.2, -0.15) is 0 Å². The number of amides is 1. The molecule has 1 aliphatic rings. The van der Waals surface area contributed by atoms with Crippen LogP contribution in [0, 0.1) is 12.8 Å². The number of anilines is 1. The smallest absolute Gasteiger partial charge is 0.309 e. The van der Waals surface area contributed by atoms with Crippen molar-refractivity contribution in [2.24, 2.45) is 5.92 Å². The highest BCUT2D eigenvalue weighted by Gasteiger charge is 2.32. The lowest BCUT2D eigenvalue weighted by Crippen LogP contribution is -2.46. The fraction of sp³-hybridized carbons (Fsp3) is 0.417. The summed E-state index contributed by atoms with van der Waals surface area (Å²) in [5.74, 6) is -0.745. The summed E-state index contributed by atoms with van der Waals surface area (Å²) in [5.41, 5.74) is 1.43. The largest absolute Gasteiger partial charge is 0.466 e. The average molecular weight is 491 g/mol. The van der Waals surface area contributed by atoms with E-state index in [1.54, 1.807) is 48.2 Å². The molecule has 0 atom stereocenters. The van der Waals surface area contributed by atoms with E-state index in [1.165, 1.54) is 16.1 Å². The van der Waals surface area contributed by atoms with Crippen molar-refractivity contribution in [2.45, 2.75) is 36.5 Å². The third-order valence-electron chi connectivity index (χ3n) is 5.72. The summed E-state index contributed by atoms with van der Waals surface area (Å²) in [6.45, 7) is 4.51. The topological polar surface area (TPSA) is 84.0 Å². The van der Waals surface area contributed by atoms with Crippen LogP contribution in [0.4, 0.5) is 5.69 Å². The molecular formula is C24H30N2O5S2. The molecule has 178 valence electrons. The van der Waals surface area contributed by atoms with Gasteiger partial charge < -0.3 is 9.64 Å². The molecule has 0 saturated carbocycles. The van der Waals surface area contributed by atoms with Gasteiger partial charge in [0.15, 0.2) is 0 Å². The Kier molecular flexibility index (Phi) is 8.42. The number of benzene rings is 2. The number of likely N-dealkylation sites (tertiary alicyclic amines) is 1. The average Bonchev–Trinajstić information content (AvgIpc) is 2.83. The van der Waals surface area contributed by atoms with E-state index in [0.717, 1.165) is 10.5 Å². The van der Waals surface area contributed by atoms with Crippen LogP contribution in [0.5, 0.6) is 0 Å². The Balaban J connectivity index is 1.81. The monoisotopic (exact) mass is 490 g/mol. The number of nitrogens with zero attached hydrogens (tertiary/aromatic N) is 2. The van der Waals surface area contributed by atoms with E-state index in [2.05, 4.69) is 0 Å². The number of thioether (sulfide) groups is 1. The number of carbonyl (C=O) groups excluding carboxylic acids is 2. The Morgan fingerprint density at radius 1 is 1.06 bits per heavy atom. The van der Waals surface area contributed by atoms with Crippen LogP contribution in [0.25, 0.3) is 0 Å². The molecule has 0 radical (unpaired) electrons. The van der Waals surface area contributed by atoms with E-state index >= 15 is 0 Å². The second kappa shape index (κ2) is 11.1. The number of hydrogen-bond donors (Lipinski definition) is 0. The van der Waals surface area contributed by atoms with Crippen LogP contribution in [0.1, 0.15) is 25.3 Å². The molecule has 0 aromatic heterocycles. The first-order valence-corrected chi connectivity index (χ1v) is 13.6. The molecule has 7 nitrogen and oxygen atoms in total. The third kappa shape index (κ3) is 6.09. The van der Waals surface area contributed by atoms with Crippen LogP contribution in [0.2, 0.25) is 0 Å². The zero-order chi connectivity index (χ0) is 24.0. The van der Waals surface area contributed by atoms with E-state index < -0.39 is 10.0 Å². The molecule has 33 heavy (non-hydrogen) atoms. The van der Waals surface area contributed by atoms with Gasteiger partial charge in [0.25, 0.3) is 10.0 Å². The lowest BCUT2D eigenvalue weighted by atomic mass is 9.97. The Bertz CT molecular complexity index is 1060. The normalized spacial score (nSPS) is 14.7. The Morgan fingerprint density at radius 3 is 2.21 bits per heavy atom. The van der Waals surface area contributed by atoms with Gasteiger partial charge >= 0.3 is 5.97 Å². The summed E-state index contributed by atoms with van der Waals surface area (Å²) in [7, 11) is -3.95. The Labute approximate surface area is 200 Å². The number of hydrogen-bond acceptors (Lipinski definition) is 6. The summed E-state index contributed by atoms with van der Waals surface area (Å²) in [6.07, 6.45) is 2.95. The molecule has 0 N–H and O–H groups in total. The van der Waals surface area contributed by atoms with Crippen molar-refractivity contribution in [2.75, 3.05) is 36.8 Å². The molecule has 0 spiro atoms. The molecule has 1 heterocycles. The van der Waals surface area contributed by atoms with Crippen LogP contribution in [0.3, 0.4) is 0 Å². The number of sulfonamides is 1. The highest BCUT2D eigenvalue weighted by atomic mass is 32.2. The van der Waals surface area contributed by atoms with Gasteiger partial charge in [-0.3, -0.25) is 13.9 Å². The minimum absolute atomic E-state index is 0.134. The lowest BCUT2D eigenvalue weighted by molar-refractivity contribution is -0.151. The predicted molar refractivity (Wildman–Crippen MR) is 130 cm³/mol. The summed E-state index contributed by atoms with van der Waals surface area (Å²) < 4.78 is 33.3. The van der Waals surface area contributed by atoms with Gasteiger partial charge in [-0.1, -0.05) is 17.7 Å². The van der Waals surface area contributed by atoms with E-state index in [0.29, 0.717) is 38.2 Å². The first-order valence-electron chi connectivity index (χ1n) is 10.9. The van der Waals surface area contributed by atoms with Crippen molar-refractivity contribution in [3.05, 3.63) is 54.1 Å². The minimum Gasteiger partial charge on any atom is -0.466 e. The van der Waals surface area contributed by atoms with Crippen molar-refractivity contribution in [1.29, 1.82) is 0 Å². The fourth-order valence-electron chi connectivity index (χ4n) is 3.75. The Morgan fingerprint density at radius 2 is 1.67 bits per heavy atom. The van der Waals surface area contributed by atoms with Crippen molar-refractivity contribution in [3.8, 4) is 0 Å². The first kappa shape index (κ1) is 25.1. The third-order valence-corrected chi connectivity index (χ3v) is 8.25. The van der Waals surface area contributed by atoms with E-state index in [1.807, 2.05) is 25.3 Å². The van der Waals surface area contributed by atoms with E-state index in [4.69, 9.17) is 4.74 Å².